The molecule has 0 aliphatic carbocycles. The van der Waals surface area contributed by atoms with E-state index < -0.39 is 5.82 Å². The van der Waals surface area contributed by atoms with Crippen molar-refractivity contribution in [3.05, 3.63) is 77.3 Å². The van der Waals surface area contributed by atoms with E-state index in [4.69, 9.17) is 17.0 Å². The maximum Gasteiger partial charge on any atom is 0.216 e. The zero-order valence-electron chi connectivity index (χ0n) is 13.2. The zero-order chi connectivity index (χ0) is 17.6. The number of hydrogen-bond donors (Lipinski definition) is 1. The molecule has 1 heterocycles. The molecule has 0 bridgehead atoms. The molecule has 25 heavy (non-hydrogen) atoms. The number of halogens is 1. The van der Waals surface area contributed by atoms with Crippen molar-refractivity contribution in [3.8, 4) is 17.1 Å². The minimum atomic E-state index is -0.396. The Morgan fingerprint density at radius 1 is 1.28 bits per heavy atom. The third kappa shape index (κ3) is 3.89. The normalized spacial score (nSPS) is 10.9. The lowest BCUT2D eigenvalue weighted by Gasteiger charge is -2.04. The van der Waals surface area contributed by atoms with Crippen LogP contribution in [0.25, 0.3) is 11.4 Å². The molecular weight excluding hydrogens is 339 g/mol. The number of benzene rings is 2. The van der Waals surface area contributed by atoms with E-state index in [1.165, 1.54) is 10.7 Å². The van der Waals surface area contributed by atoms with Gasteiger partial charge in [0.2, 0.25) is 4.77 Å². The Hall–Kier alpha value is -3.06. The van der Waals surface area contributed by atoms with Gasteiger partial charge >= 0.3 is 0 Å². The van der Waals surface area contributed by atoms with Crippen molar-refractivity contribution in [2.75, 3.05) is 6.61 Å². The Bertz CT molecular complexity index is 977. The molecule has 0 aliphatic rings. The molecule has 7 heteroatoms. The number of nitrogens with zero attached hydrogens (tertiary/aromatic N) is 3. The summed E-state index contributed by atoms with van der Waals surface area (Å²) in [6.07, 6.45) is 3.28. The van der Waals surface area contributed by atoms with Crippen LogP contribution in [-0.2, 0) is 0 Å². The Morgan fingerprint density at radius 3 is 2.92 bits per heavy atom. The van der Waals surface area contributed by atoms with Gasteiger partial charge in [0.05, 0.1) is 11.8 Å². The van der Waals surface area contributed by atoms with Gasteiger partial charge in [-0.05, 0) is 42.0 Å². The first-order chi connectivity index (χ1) is 12.2. The van der Waals surface area contributed by atoms with Crippen LogP contribution in [0.3, 0.4) is 0 Å². The highest BCUT2D eigenvalue weighted by Crippen LogP contribution is 2.20. The molecule has 126 valence electrons. The number of hydrogen-bond acceptors (Lipinski definition) is 4. The SMILES string of the molecule is C=CCOc1cccc(/C=N\n2c(-c3ccccc3F)n[nH]c2=S)c1. The van der Waals surface area contributed by atoms with Crippen molar-refractivity contribution < 1.29 is 9.13 Å². The molecule has 1 N–H and O–H groups in total. The van der Waals surface area contributed by atoms with Crippen LogP contribution in [0.15, 0.2) is 66.3 Å². The lowest BCUT2D eigenvalue weighted by atomic mass is 10.2. The zero-order valence-corrected chi connectivity index (χ0v) is 14.0. The number of aromatic nitrogens is 3. The first kappa shape index (κ1) is 16.8. The van der Waals surface area contributed by atoms with E-state index in [0.29, 0.717) is 23.7 Å². The Balaban J connectivity index is 1.93. The van der Waals surface area contributed by atoms with Crippen molar-refractivity contribution in [2.24, 2.45) is 5.10 Å². The minimum Gasteiger partial charge on any atom is -0.490 e. The molecule has 0 amide bonds. The minimum absolute atomic E-state index is 0.272. The largest absolute Gasteiger partial charge is 0.490 e. The monoisotopic (exact) mass is 354 g/mol. The maximum atomic E-state index is 14.0. The van der Waals surface area contributed by atoms with Crippen LogP contribution >= 0.6 is 12.2 Å². The van der Waals surface area contributed by atoms with Crippen molar-refractivity contribution in [1.29, 1.82) is 0 Å². The molecule has 0 radical (unpaired) electrons. The molecule has 0 fully saturated rings. The highest BCUT2D eigenvalue weighted by Gasteiger charge is 2.12. The quantitative estimate of drug-likeness (QED) is 0.410. The van der Waals surface area contributed by atoms with E-state index in [9.17, 15) is 4.39 Å². The van der Waals surface area contributed by atoms with Crippen LogP contribution in [0.4, 0.5) is 4.39 Å². The van der Waals surface area contributed by atoms with Crippen LogP contribution in [0.1, 0.15) is 5.56 Å². The predicted molar refractivity (Wildman–Crippen MR) is 97.9 cm³/mol. The van der Waals surface area contributed by atoms with Gasteiger partial charge in [-0.1, -0.05) is 36.9 Å². The van der Waals surface area contributed by atoms with Gasteiger partial charge in [-0.25, -0.2) is 9.49 Å². The standard InChI is InChI=1S/C18H15FN4OS/c1-2-10-24-14-7-5-6-13(11-14)12-20-23-17(21-22-18(23)25)15-8-3-4-9-16(15)19/h2-9,11-12H,1,10H2,(H,22,25)/b20-12-. The van der Waals surface area contributed by atoms with Crippen molar-refractivity contribution in [1.82, 2.24) is 14.9 Å². The summed E-state index contributed by atoms with van der Waals surface area (Å²) < 4.78 is 21.2. The topological polar surface area (TPSA) is 55.2 Å². The fraction of sp³-hybridized carbons (Fsp3) is 0.0556. The average Bonchev–Trinajstić information content (AvgIpc) is 2.99. The second-order valence-corrected chi connectivity index (χ2v) is 5.45. The second kappa shape index (κ2) is 7.67. The molecule has 2 aromatic carbocycles. The van der Waals surface area contributed by atoms with E-state index in [-0.39, 0.29) is 4.77 Å². The van der Waals surface area contributed by atoms with Gasteiger partial charge in [-0.3, -0.25) is 0 Å². The number of ether oxygens (including phenoxy) is 1. The molecule has 0 saturated heterocycles. The smallest absolute Gasteiger partial charge is 0.216 e. The predicted octanol–water partition coefficient (Wildman–Crippen LogP) is 4.19. The first-order valence-electron chi connectivity index (χ1n) is 7.49. The van der Waals surface area contributed by atoms with Crippen LogP contribution in [-0.4, -0.2) is 27.7 Å². The molecule has 0 aliphatic heterocycles. The van der Waals surface area contributed by atoms with E-state index >= 15 is 0 Å². The summed E-state index contributed by atoms with van der Waals surface area (Å²) in [6, 6.07) is 13.7. The average molecular weight is 354 g/mol. The molecule has 0 atom stereocenters. The summed E-state index contributed by atoms with van der Waals surface area (Å²) in [7, 11) is 0. The van der Waals surface area contributed by atoms with Gasteiger partial charge in [0.15, 0.2) is 5.82 Å². The highest BCUT2D eigenvalue weighted by atomic mass is 32.1. The second-order valence-electron chi connectivity index (χ2n) is 5.06. The number of H-pyrrole nitrogens is 1. The number of rotatable bonds is 6. The van der Waals surface area contributed by atoms with Gasteiger partial charge in [-0.15, -0.1) is 0 Å². The summed E-state index contributed by atoms with van der Waals surface area (Å²) in [5.41, 5.74) is 1.12. The van der Waals surface area contributed by atoms with Crippen molar-refractivity contribution in [2.45, 2.75) is 0 Å². The van der Waals surface area contributed by atoms with Gasteiger partial charge in [0, 0.05) is 0 Å². The summed E-state index contributed by atoms with van der Waals surface area (Å²) in [4.78, 5) is 0. The molecule has 1 aromatic heterocycles. The van der Waals surface area contributed by atoms with E-state index in [1.807, 2.05) is 24.3 Å². The van der Waals surface area contributed by atoms with Crippen LogP contribution in [0.5, 0.6) is 5.75 Å². The lowest BCUT2D eigenvalue weighted by Crippen LogP contribution is -1.97. The third-order valence-electron chi connectivity index (χ3n) is 3.31. The molecule has 0 unspecified atom stereocenters. The Labute approximate surface area is 149 Å². The summed E-state index contributed by atoms with van der Waals surface area (Å²) >= 11 is 5.19. The Kier molecular flexibility index (Phi) is 5.15. The first-order valence-corrected chi connectivity index (χ1v) is 7.90. The Morgan fingerprint density at radius 2 is 2.12 bits per heavy atom. The molecule has 3 rings (SSSR count). The molecular formula is C18H15FN4OS. The molecule has 0 saturated carbocycles. The van der Waals surface area contributed by atoms with E-state index in [1.54, 1.807) is 30.5 Å². The van der Waals surface area contributed by atoms with Crippen LogP contribution < -0.4 is 4.74 Å². The van der Waals surface area contributed by atoms with Crippen LogP contribution in [0.2, 0.25) is 0 Å². The molecule has 5 nitrogen and oxygen atoms in total. The van der Waals surface area contributed by atoms with Crippen LogP contribution in [0, 0.1) is 10.6 Å². The van der Waals surface area contributed by atoms with E-state index in [2.05, 4.69) is 21.9 Å². The third-order valence-corrected chi connectivity index (χ3v) is 3.58. The number of nitrogens with one attached hydrogen (secondary N) is 1. The van der Waals surface area contributed by atoms with Gasteiger partial charge in [-0.2, -0.15) is 14.9 Å². The number of aromatic amines is 1. The summed E-state index contributed by atoms with van der Waals surface area (Å²) in [6.45, 7) is 4.04. The van der Waals surface area contributed by atoms with Crippen molar-refractivity contribution in [3.63, 3.8) is 0 Å². The van der Waals surface area contributed by atoms with Gasteiger partial charge in [0.25, 0.3) is 0 Å². The van der Waals surface area contributed by atoms with Crippen molar-refractivity contribution >= 4 is 18.4 Å². The van der Waals surface area contributed by atoms with Gasteiger partial charge < -0.3 is 4.74 Å². The summed E-state index contributed by atoms with van der Waals surface area (Å²) in [5, 5.41) is 11.0. The summed E-state index contributed by atoms with van der Waals surface area (Å²) in [5.74, 6) is 0.611. The lowest BCUT2D eigenvalue weighted by molar-refractivity contribution is 0.363. The van der Waals surface area contributed by atoms with E-state index in [0.717, 1.165) is 5.56 Å². The maximum absolute atomic E-state index is 14.0. The highest BCUT2D eigenvalue weighted by molar-refractivity contribution is 7.71. The molecule has 3 aromatic rings. The van der Waals surface area contributed by atoms with Gasteiger partial charge in [0.1, 0.15) is 18.2 Å². The fourth-order valence-corrected chi connectivity index (χ4v) is 2.36. The molecule has 0 spiro atoms. The fourth-order valence-electron chi connectivity index (χ4n) is 2.18.